The van der Waals surface area contributed by atoms with Gasteiger partial charge in [0, 0.05) is 19.0 Å². The lowest BCUT2D eigenvalue weighted by Gasteiger charge is -2.32. The van der Waals surface area contributed by atoms with E-state index < -0.39 is 0 Å². The van der Waals surface area contributed by atoms with Gasteiger partial charge in [-0.3, -0.25) is 15.4 Å². The summed E-state index contributed by atoms with van der Waals surface area (Å²) in [7, 11) is 0. The Morgan fingerprint density at radius 2 is 1.82 bits per heavy atom. The van der Waals surface area contributed by atoms with Crippen molar-refractivity contribution in [3.8, 4) is 0 Å². The molecule has 1 amide bonds. The highest BCUT2D eigenvalue weighted by atomic mass is 16.2. The average Bonchev–Trinajstić information content (AvgIpc) is 2.55. The Balaban J connectivity index is 1.61. The number of benzene rings is 2. The van der Waals surface area contributed by atoms with Crippen LogP contribution in [0.2, 0.25) is 0 Å². The molecule has 2 atom stereocenters. The molecule has 0 aliphatic carbocycles. The first kappa shape index (κ1) is 14.8. The van der Waals surface area contributed by atoms with Crippen LogP contribution in [0.3, 0.4) is 0 Å². The summed E-state index contributed by atoms with van der Waals surface area (Å²) in [6, 6.07) is 18.5. The number of aryl methyl sites for hydroxylation is 1. The molecule has 2 aromatic rings. The normalized spacial score (nSPS) is 21.4. The first-order chi connectivity index (χ1) is 10.7. The first-order valence-electron chi connectivity index (χ1n) is 7.60. The fourth-order valence-electron chi connectivity index (χ4n) is 2.64. The van der Waals surface area contributed by atoms with Gasteiger partial charge in [-0.1, -0.05) is 60.2 Å². The van der Waals surface area contributed by atoms with Gasteiger partial charge in [0.15, 0.2) is 0 Å². The summed E-state index contributed by atoms with van der Waals surface area (Å²) in [5.74, 6) is 0.0639. The van der Waals surface area contributed by atoms with E-state index in [-0.39, 0.29) is 18.2 Å². The molecule has 22 heavy (non-hydrogen) atoms. The van der Waals surface area contributed by atoms with Gasteiger partial charge in [0.05, 0.1) is 0 Å². The Kier molecular flexibility index (Phi) is 4.51. The maximum atomic E-state index is 11.9. The average molecular weight is 295 g/mol. The third-order valence-corrected chi connectivity index (χ3v) is 3.90. The lowest BCUT2D eigenvalue weighted by atomic mass is 10.0. The van der Waals surface area contributed by atoms with Crippen LogP contribution in [-0.2, 0) is 11.3 Å². The fraction of sp³-hybridized carbons (Fsp3) is 0.278. The molecule has 3 rings (SSSR count). The van der Waals surface area contributed by atoms with Gasteiger partial charge in [0.1, 0.15) is 6.29 Å². The van der Waals surface area contributed by atoms with Crippen LogP contribution in [0.25, 0.3) is 0 Å². The standard InChI is InChI=1S/C18H21N3O/c1-13-7-9-14(10-8-13)12-19-18-20-16(11-17(22)21-18)15-5-3-2-4-6-15/h2-10,16,18-20H,11-12H2,1H3,(H,21,22). The first-order valence-corrected chi connectivity index (χ1v) is 7.60. The third kappa shape index (κ3) is 3.72. The third-order valence-electron chi connectivity index (χ3n) is 3.90. The number of hydrogen-bond donors (Lipinski definition) is 3. The van der Waals surface area contributed by atoms with E-state index in [1.165, 1.54) is 11.1 Å². The Hall–Kier alpha value is -2.17. The summed E-state index contributed by atoms with van der Waals surface area (Å²) in [5, 5.41) is 9.72. The van der Waals surface area contributed by atoms with Crippen molar-refractivity contribution in [2.24, 2.45) is 0 Å². The minimum absolute atomic E-state index is 0.0467. The molecule has 0 aromatic heterocycles. The van der Waals surface area contributed by atoms with Gasteiger partial charge >= 0.3 is 0 Å². The molecule has 3 N–H and O–H groups in total. The van der Waals surface area contributed by atoms with Crippen molar-refractivity contribution in [1.82, 2.24) is 16.0 Å². The molecule has 1 fully saturated rings. The number of carbonyl (C=O) groups excluding carboxylic acids is 1. The van der Waals surface area contributed by atoms with Gasteiger partial charge in [0.2, 0.25) is 5.91 Å². The van der Waals surface area contributed by atoms with E-state index in [1.54, 1.807) is 0 Å². The van der Waals surface area contributed by atoms with E-state index in [0.29, 0.717) is 13.0 Å². The summed E-state index contributed by atoms with van der Waals surface area (Å²) >= 11 is 0. The minimum atomic E-state index is -0.215. The van der Waals surface area contributed by atoms with Crippen molar-refractivity contribution < 1.29 is 4.79 Å². The molecule has 1 heterocycles. The predicted molar refractivity (Wildman–Crippen MR) is 86.9 cm³/mol. The Morgan fingerprint density at radius 3 is 2.55 bits per heavy atom. The van der Waals surface area contributed by atoms with Gasteiger partial charge in [0.25, 0.3) is 0 Å². The van der Waals surface area contributed by atoms with Crippen molar-refractivity contribution >= 4 is 5.91 Å². The van der Waals surface area contributed by atoms with Crippen LogP contribution in [-0.4, -0.2) is 12.2 Å². The zero-order valence-corrected chi connectivity index (χ0v) is 12.7. The lowest BCUT2D eigenvalue weighted by Crippen LogP contribution is -2.59. The van der Waals surface area contributed by atoms with Crippen molar-refractivity contribution in [3.05, 3.63) is 71.3 Å². The Bertz CT molecular complexity index is 625. The van der Waals surface area contributed by atoms with Gasteiger partial charge in [-0.15, -0.1) is 0 Å². The number of amides is 1. The summed E-state index contributed by atoms with van der Waals surface area (Å²) in [6.45, 7) is 2.78. The number of nitrogens with one attached hydrogen (secondary N) is 3. The summed E-state index contributed by atoms with van der Waals surface area (Å²) in [4.78, 5) is 11.9. The van der Waals surface area contributed by atoms with Crippen molar-refractivity contribution in [1.29, 1.82) is 0 Å². The van der Waals surface area contributed by atoms with Crippen molar-refractivity contribution in [3.63, 3.8) is 0 Å². The Morgan fingerprint density at radius 1 is 1.09 bits per heavy atom. The smallest absolute Gasteiger partial charge is 0.224 e. The number of hydrogen-bond acceptors (Lipinski definition) is 3. The Labute approximate surface area is 130 Å². The highest BCUT2D eigenvalue weighted by molar-refractivity contribution is 5.77. The van der Waals surface area contributed by atoms with Crippen LogP contribution in [0.1, 0.15) is 29.2 Å². The number of rotatable bonds is 4. The van der Waals surface area contributed by atoms with Crippen LogP contribution in [0, 0.1) is 6.92 Å². The molecule has 2 aromatic carbocycles. The van der Waals surface area contributed by atoms with Crippen LogP contribution in [0.5, 0.6) is 0 Å². The van der Waals surface area contributed by atoms with E-state index in [4.69, 9.17) is 0 Å². The largest absolute Gasteiger partial charge is 0.328 e. The zero-order valence-electron chi connectivity index (χ0n) is 12.7. The highest BCUT2D eigenvalue weighted by Gasteiger charge is 2.26. The van der Waals surface area contributed by atoms with Crippen LogP contribution >= 0.6 is 0 Å². The second-order valence-electron chi connectivity index (χ2n) is 5.70. The molecule has 0 bridgehead atoms. The zero-order chi connectivity index (χ0) is 15.4. The second-order valence-corrected chi connectivity index (χ2v) is 5.70. The summed E-state index contributed by atoms with van der Waals surface area (Å²) < 4.78 is 0. The van der Waals surface area contributed by atoms with Crippen molar-refractivity contribution in [2.75, 3.05) is 0 Å². The summed E-state index contributed by atoms with van der Waals surface area (Å²) in [6.07, 6.45) is 0.250. The van der Waals surface area contributed by atoms with Crippen LogP contribution in [0.15, 0.2) is 54.6 Å². The fourth-order valence-corrected chi connectivity index (χ4v) is 2.64. The maximum absolute atomic E-state index is 11.9. The van der Waals surface area contributed by atoms with E-state index in [1.807, 2.05) is 30.3 Å². The molecule has 0 saturated carbocycles. The molecule has 0 radical (unpaired) electrons. The molecule has 1 aliphatic rings. The minimum Gasteiger partial charge on any atom is -0.328 e. The molecule has 0 spiro atoms. The summed E-state index contributed by atoms with van der Waals surface area (Å²) in [5.41, 5.74) is 3.58. The molecule has 2 unspecified atom stereocenters. The molecule has 4 nitrogen and oxygen atoms in total. The van der Waals surface area contributed by atoms with Gasteiger partial charge in [-0.05, 0) is 18.1 Å². The molecule has 4 heteroatoms. The lowest BCUT2D eigenvalue weighted by molar-refractivity contribution is -0.124. The quantitative estimate of drug-likeness (QED) is 0.810. The molecule has 1 aliphatic heterocycles. The highest BCUT2D eigenvalue weighted by Crippen LogP contribution is 2.19. The van der Waals surface area contributed by atoms with Crippen LogP contribution < -0.4 is 16.0 Å². The van der Waals surface area contributed by atoms with E-state index >= 15 is 0 Å². The number of carbonyl (C=O) groups is 1. The molecular formula is C18H21N3O. The SMILES string of the molecule is Cc1ccc(CNC2NC(=O)CC(c3ccccc3)N2)cc1. The van der Waals surface area contributed by atoms with E-state index in [9.17, 15) is 4.79 Å². The van der Waals surface area contributed by atoms with Crippen molar-refractivity contribution in [2.45, 2.75) is 32.2 Å². The van der Waals surface area contributed by atoms with E-state index in [2.05, 4.69) is 47.1 Å². The topological polar surface area (TPSA) is 53.2 Å². The maximum Gasteiger partial charge on any atom is 0.224 e. The predicted octanol–water partition coefficient (Wildman–Crippen LogP) is 2.22. The molecular weight excluding hydrogens is 274 g/mol. The monoisotopic (exact) mass is 295 g/mol. The van der Waals surface area contributed by atoms with Crippen LogP contribution in [0.4, 0.5) is 0 Å². The van der Waals surface area contributed by atoms with Gasteiger partial charge in [-0.2, -0.15) is 0 Å². The van der Waals surface area contributed by atoms with Gasteiger partial charge in [-0.25, -0.2) is 0 Å². The van der Waals surface area contributed by atoms with E-state index in [0.717, 1.165) is 5.56 Å². The van der Waals surface area contributed by atoms with Gasteiger partial charge < -0.3 is 5.32 Å². The molecule has 114 valence electrons. The second kappa shape index (κ2) is 6.73. The molecule has 1 saturated heterocycles.